The van der Waals surface area contributed by atoms with Crippen LogP contribution in [0.4, 0.5) is 11.5 Å². The van der Waals surface area contributed by atoms with E-state index in [-0.39, 0.29) is 17.8 Å². The molecule has 0 aliphatic rings. The lowest BCUT2D eigenvalue weighted by Gasteiger charge is -2.09. The van der Waals surface area contributed by atoms with Gasteiger partial charge < -0.3 is 15.2 Å². The molecule has 1 amide bonds. The maximum Gasteiger partial charge on any atom is 0.288 e. The monoisotopic (exact) mass is 291 g/mol. The highest BCUT2D eigenvalue weighted by Gasteiger charge is 2.18. The topological polar surface area (TPSA) is 123 Å². The van der Waals surface area contributed by atoms with Crippen LogP contribution in [0.3, 0.4) is 0 Å². The van der Waals surface area contributed by atoms with Crippen molar-refractivity contribution in [3.8, 4) is 0 Å². The summed E-state index contributed by atoms with van der Waals surface area (Å²) in [7, 11) is 0. The molecule has 0 aromatic carbocycles. The number of aromatic nitrogens is 2. The molecule has 0 atom stereocenters. The Kier molecular flexibility index (Phi) is 4.44. The highest BCUT2D eigenvalue weighted by Crippen LogP contribution is 2.19. The van der Waals surface area contributed by atoms with Crippen LogP contribution in [0.2, 0.25) is 0 Å². The van der Waals surface area contributed by atoms with Crippen molar-refractivity contribution in [3.05, 3.63) is 46.0 Å². The van der Waals surface area contributed by atoms with E-state index in [9.17, 15) is 14.9 Å². The van der Waals surface area contributed by atoms with E-state index in [1.807, 2.05) is 6.92 Å². The number of nitrogens with zero attached hydrogens (tertiary/aromatic N) is 3. The van der Waals surface area contributed by atoms with E-state index in [1.54, 1.807) is 6.07 Å². The minimum Gasteiger partial charge on any atom is -0.370 e. The molecule has 9 heteroatoms. The van der Waals surface area contributed by atoms with E-state index in [0.29, 0.717) is 18.1 Å². The summed E-state index contributed by atoms with van der Waals surface area (Å²) in [6.07, 6.45) is 2.49. The molecule has 0 fully saturated rings. The van der Waals surface area contributed by atoms with E-state index >= 15 is 0 Å². The van der Waals surface area contributed by atoms with Gasteiger partial charge in [-0.3, -0.25) is 14.9 Å². The molecule has 0 radical (unpaired) electrons. The highest BCUT2D eigenvalue weighted by atomic mass is 16.6. The van der Waals surface area contributed by atoms with Crippen molar-refractivity contribution in [2.24, 2.45) is 0 Å². The number of hydrogen-bond donors (Lipinski definition) is 2. The van der Waals surface area contributed by atoms with Gasteiger partial charge in [-0.1, -0.05) is 5.16 Å². The number of nitro groups is 1. The molecular formula is C12H13N5O4. The molecule has 0 aliphatic heterocycles. The number of nitrogens with one attached hydrogen (secondary N) is 2. The van der Waals surface area contributed by atoms with Gasteiger partial charge in [0.2, 0.25) is 0 Å². The summed E-state index contributed by atoms with van der Waals surface area (Å²) in [5.74, 6) is -0.189. The molecule has 21 heavy (non-hydrogen) atoms. The van der Waals surface area contributed by atoms with Crippen molar-refractivity contribution >= 4 is 17.4 Å². The normalized spacial score (nSPS) is 10.1. The van der Waals surface area contributed by atoms with Gasteiger partial charge in [0.1, 0.15) is 24.0 Å². The molecule has 2 rings (SSSR count). The van der Waals surface area contributed by atoms with Crippen LogP contribution in [0, 0.1) is 10.1 Å². The molecule has 2 heterocycles. The van der Waals surface area contributed by atoms with Gasteiger partial charge in [0.15, 0.2) is 0 Å². The zero-order chi connectivity index (χ0) is 15.2. The standard InChI is InChI=1S/C12H13N5O4/c1-2-13-11-10(5-9(7-14-11)17(19)20)12(18)15-6-8-3-4-21-16-8/h3-5,7H,2,6H2,1H3,(H,13,14)(H,15,18). The van der Waals surface area contributed by atoms with Crippen molar-refractivity contribution in [3.63, 3.8) is 0 Å². The summed E-state index contributed by atoms with van der Waals surface area (Å²) < 4.78 is 4.65. The largest absolute Gasteiger partial charge is 0.370 e. The second-order valence-electron chi connectivity index (χ2n) is 4.05. The maximum absolute atomic E-state index is 12.1. The van der Waals surface area contributed by atoms with E-state index in [0.717, 1.165) is 6.20 Å². The number of anilines is 1. The van der Waals surface area contributed by atoms with Gasteiger partial charge in [0.05, 0.1) is 17.0 Å². The number of hydrogen-bond acceptors (Lipinski definition) is 7. The smallest absolute Gasteiger partial charge is 0.288 e. The zero-order valence-electron chi connectivity index (χ0n) is 11.2. The van der Waals surface area contributed by atoms with Gasteiger partial charge in [0.25, 0.3) is 11.6 Å². The van der Waals surface area contributed by atoms with Crippen LogP contribution >= 0.6 is 0 Å². The number of rotatable bonds is 6. The Morgan fingerprint density at radius 1 is 1.52 bits per heavy atom. The van der Waals surface area contributed by atoms with Gasteiger partial charge in [-0.15, -0.1) is 0 Å². The van der Waals surface area contributed by atoms with Crippen LogP contribution in [0.5, 0.6) is 0 Å². The molecule has 0 spiro atoms. The lowest BCUT2D eigenvalue weighted by molar-refractivity contribution is -0.385. The summed E-state index contributed by atoms with van der Waals surface area (Å²) in [6.45, 7) is 2.53. The molecule has 2 N–H and O–H groups in total. The number of carbonyl (C=O) groups is 1. The zero-order valence-corrected chi connectivity index (χ0v) is 11.2. The van der Waals surface area contributed by atoms with Crippen LogP contribution in [-0.2, 0) is 6.54 Å². The van der Waals surface area contributed by atoms with Crippen LogP contribution in [0.1, 0.15) is 23.0 Å². The fourth-order valence-electron chi connectivity index (χ4n) is 1.63. The minimum absolute atomic E-state index is 0.106. The Morgan fingerprint density at radius 2 is 2.33 bits per heavy atom. The van der Waals surface area contributed by atoms with E-state index < -0.39 is 10.8 Å². The molecule has 2 aromatic rings. The van der Waals surface area contributed by atoms with Crippen molar-refractivity contribution in [1.82, 2.24) is 15.5 Å². The summed E-state index contributed by atoms with van der Waals surface area (Å²) in [4.78, 5) is 26.2. The second kappa shape index (κ2) is 6.46. The Balaban J connectivity index is 2.20. The Labute approximate surface area is 119 Å². The minimum atomic E-state index is -0.600. The van der Waals surface area contributed by atoms with E-state index in [1.165, 1.54) is 12.3 Å². The molecule has 110 valence electrons. The van der Waals surface area contributed by atoms with Crippen molar-refractivity contribution in [2.45, 2.75) is 13.5 Å². The number of carbonyl (C=O) groups excluding carboxylic acids is 1. The van der Waals surface area contributed by atoms with Crippen LogP contribution in [-0.4, -0.2) is 27.5 Å². The number of pyridine rings is 1. The summed E-state index contributed by atoms with van der Waals surface area (Å²) >= 11 is 0. The first kappa shape index (κ1) is 14.4. The van der Waals surface area contributed by atoms with Gasteiger partial charge >= 0.3 is 0 Å². The third-order valence-corrected chi connectivity index (χ3v) is 2.59. The SMILES string of the molecule is CCNc1ncc([N+](=O)[O-])cc1C(=O)NCc1ccon1. The van der Waals surface area contributed by atoms with Crippen molar-refractivity contribution in [2.75, 3.05) is 11.9 Å². The van der Waals surface area contributed by atoms with Crippen molar-refractivity contribution < 1.29 is 14.2 Å². The average Bonchev–Trinajstić information content (AvgIpc) is 2.98. The summed E-state index contributed by atoms with van der Waals surface area (Å²) in [5, 5.41) is 19.9. The van der Waals surface area contributed by atoms with Gasteiger partial charge in [-0.2, -0.15) is 0 Å². The number of amides is 1. The first-order chi connectivity index (χ1) is 10.1. The lowest BCUT2D eigenvalue weighted by Crippen LogP contribution is -2.24. The summed E-state index contributed by atoms with van der Waals surface area (Å²) in [5.41, 5.74) is 0.407. The van der Waals surface area contributed by atoms with Crippen molar-refractivity contribution in [1.29, 1.82) is 0 Å². The van der Waals surface area contributed by atoms with E-state index in [2.05, 4.69) is 25.3 Å². The van der Waals surface area contributed by atoms with Crippen LogP contribution < -0.4 is 10.6 Å². The first-order valence-corrected chi connectivity index (χ1v) is 6.17. The van der Waals surface area contributed by atoms with Gasteiger partial charge in [0, 0.05) is 18.7 Å². The average molecular weight is 291 g/mol. The quantitative estimate of drug-likeness (QED) is 0.608. The fourth-order valence-corrected chi connectivity index (χ4v) is 1.63. The highest BCUT2D eigenvalue weighted by molar-refractivity contribution is 5.99. The molecule has 0 aliphatic carbocycles. The predicted molar refractivity (Wildman–Crippen MR) is 72.7 cm³/mol. The Bertz CT molecular complexity index is 641. The Morgan fingerprint density at radius 3 is 2.95 bits per heavy atom. The van der Waals surface area contributed by atoms with Crippen LogP contribution in [0.15, 0.2) is 29.1 Å². The molecule has 0 unspecified atom stereocenters. The third-order valence-electron chi connectivity index (χ3n) is 2.59. The van der Waals surface area contributed by atoms with Crippen LogP contribution in [0.25, 0.3) is 0 Å². The summed E-state index contributed by atoms with van der Waals surface area (Å²) in [6, 6.07) is 2.79. The third kappa shape index (κ3) is 3.53. The fraction of sp³-hybridized carbons (Fsp3) is 0.250. The first-order valence-electron chi connectivity index (χ1n) is 6.17. The molecule has 0 saturated heterocycles. The molecule has 0 bridgehead atoms. The Hall–Kier alpha value is -2.97. The predicted octanol–water partition coefficient (Wildman–Crippen LogP) is 1.34. The molecular weight excluding hydrogens is 278 g/mol. The molecule has 9 nitrogen and oxygen atoms in total. The maximum atomic E-state index is 12.1. The molecule has 0 saturated carbocycles. The second-order valence-corrected chi connectivity index (χ2v) is 4.05. The van der Waals surface area contributed by atoms with Gasteiger partial charge in [-0.05, 0) is 6.92 Å². The van der Waals surface area contributed by atoms with E-state index in [4.69, 9.17) is 0 Å². The lowest BCUT2D eigenvalue weighted by atomic mass is 10.2. The molecule has 2 aromatic heterocycles. The van der Waals surface area contributed by atoms with Gasteiger partial charge in [-0.25, -0.2) is 4.98 Å².